The van der Waals surface area contributed by atoms with E-state index in [2.05, 4.69) is 4.98 Å². The van der Waals surface area contributed by atoms with Crippen LogP contribution in [0.5, 0.6) is 0 Å². The lowest BCUT2D eigenvalue weighted by Crippen LogP contribution is -2.36. The highest BCUT2D eigenvalue weighted by Crippen LogP contribution is 2.17. The van der Waals surface area contributed by atoms with Gasteiger partial charge in [0.05, 0.1) is 6.20 Å². The van der Waals surface area contributed by atoms with E-state index in [0.29, 0.717) is 26.1 Å². The zero-order chi connectivity index (χ0) is 14.5. The van der Waals surface area contributed by atoms with Crippen molar-refractivity contribution in [3.05, 3.63) is 24.3 Å². The van der Waals surface area contributed by atoms with Crippen molar-refractivity contribution in [2.45, 2.75) is 25.2 Å². The predicted octanol–water partition coefficient (Wildman–Crippen LogP) is 1.22. The van der Waals surface area contributed by atoms with Gasteiger partial charge in [-0.05, 0) is 24.9 Å². The van der Waals surface area contributed by atoms with Crippen LogP contribution in [-0.2, 0) is 10.0 Å². The van der Waals surface area contributed by atoms with Gasteiger partial charge < -0.3 is 5.73 Å². The Labute approximate surface area is 113 Å². The Bertz CT molecular complexity index is 505. The van der Waals surface area contributed by atoms with E-state index in [1.807, 2.05) is 13.8 Å². The minimum Gasteiger partial charge on any atom is -0.330 e. The third-order valence-corrected chi connectivity index (χ3v) is 4.33. The molecule has 0 fully saturated rings. The van der Waals surface area contributed by atoms with Gasteiger partial charge in [0.1, 0.15) is 10.7 Å². The topological polar surface area (TPSA) is 76.3 Å². The van der Waals surface area contributed by atoms with Gasteiger partial charge in [0.15, 0.2) is 0 Å². The van der Waals surface area contributed by atoms with Crippen LogP contribution in [0.1, 0.15) is 20.3 Å². The summed E-state index contributed by atoms with van der Waals surface area (Å²) < 4.78 is 39.3. The van der Waals surface area contributed by atoms with E-state index in [1.165, 1.54) is 4.31 Å². The molecule has 7 heteroatoms. The summed E-state index contributed by atoms with van der Waals surface area (Å²) in [7, 11) is -3.72. The van der Waals surface area contributed by atoms with Gasteiger partial charge in [-0.15, -0.1) is 0 Å². The fourth-order valence-corrected chi connectivity index (χ4v) is 3.28. The summed E-state index contributed by atoms with van der Waals surface area (Å²) in [4.78, 5) is 3.47. The number of nitrogens with two attached hydrogens (primary N) is 1. The van der Waals surface area contributed by atoms with Gasteiger partial charge >= 0.3 is 0 Å². The molecule has 0 saturated carbocycles. The zero-order valence-electron chi connectivity index (χ0n) is 11.2. The maximum Gasteiger partial charge on any atom is 0.244 e. The first kappa shape index (κ1) is 16.0. The zero-order valence-corrected chi connectivity index (χ0v) is 12.0. The highest BCUT2D eigenvalue weighted by molar-refractivity contribution is 7.89. The van der Waals surface area contributed by atoms with E-state index in [0.717, 1.165) is 18.5 Å². The largest absolute Gasteiger partial charge is 0.330 e. The van der Waals surface area contributed by atoms with E-state index in [9.17, 15) is 12.8 Å². The highest BCUT2D eigenvalue weighted by Gasteiger charge is 2.25. The average molecular weight is 289 g/mol. The number of halogens is 1. The van der Waals surface area contributed by atoms with Crippen molar-refractivity contribution in [1.82, 2.24) is 9.29 Å². The van der Waals surface area contributed by atoms with Gasteiger partial charge in [-0.3, -0.25) is 4.98 Å². The van der Waals surface area contributed by atoms with Crippen molar-refractivity contribution < 1.29 is 12.8 Å². The van der Waals surface area contributed by atoms with Gasteiger partial charge in [-0.2, -0.15) is 4.31 Å². The Morgan fingerprint density at radius 3 is 2.63 bits per heavy atom. The van der Waals surface area contributed by atoms with Crippen LogP contribution in [0.15, 0.2) is 23.4 Å². The lowest BCUT2D eigenvalue weighted by molar-refractivity contribution is 0.364. The molecule has 0 radical (unpaired) electrons. The van der Waals surface area contributed by atoms with Gasteiger partial charge in [0.2, 0.25) is 10.0 Å². The van der Waals surface area contributed by atoms with Crippen LogP contribution in [0.2, 0.25) is 0 Å². The van der Waals surface area contributed by atoms with Crippen molar-refractivity contribution in [1.29, 1.82) is 0 Å². The first-order chi connectivity index (χ1) is 8.87. The minimum absolute atomic E-state index is 0.120. The third-order valence-electron chi connectivity index (χ3n) is 2.50. The second kappa shape index (κ2) is 6.93. The molecule has 0 spiro atoms. The summed E-state index contributed by atoms with van der Waals surface area (Å²) >= 11 is 0. The number of aromatic nitrogens is 1. The molecular formula is C12H20FN3O2S. The molecule has 0 aliphatic heterocycles. The number of sulfonamides is 1. The summed E-state index contributed by atoms with van der Waals surface area (Å²) in [6.07, 6.45) is 2.70. The van der Waals surface area contributed by atoms with Gasteiger partial charge in [0, 0.05) is 19.3 Å². The molecule has 0 unspecified atom stereocenters. The Balaban J connectivity index is 3.04. The van der Waals surface area contributed by atoms with Crippen LogP contribution in [0.3, 0.4) is 0 Å². The quantitative estimate of drug-likeness (QED) is 0.818. The molecule has 0 amide bonds. The van der Waals surface area contributed by atoms with Crippen LogP contribution in [0, 0.1) is 11.7 Å². The number of nitrogens with zero attached hydrogens (tertiary/aromatic N) is 2. The molecule has 0 saturated heterocycles. The summed E-state index contributed by atoms with van der Waals surface area (Å²) in [6.45, 7) is 4.96. The molecular weight excluding hydrogens is 269 g/mol. The van der Waals surface area contributed by atoms with E-state index < -0.39 is 15.8 Å². The SMILES string of the molecule is CC(C)CN(CCCN)S(=O)(=O)c1cncc(F)c1. The summed E-state index contributed by atoms with van der Waals surface area (Å²) in [6, 6.07) is 0.984. The molecule has 1 heterocycles. The normalized spacial score (nSPS) is 12.3. The molecule has 1 aromatic heterocycles. The second-order valence-corrected chi connectivity index (χ2v) is 6.68. The molecule has 0 aliphatic rings. The molecule has 19 heavy (non-hydrogen) atoms. The van der Waals surface area contributed by atoms with Crippen molar-refractivity contribution in [2.75, 3.05) is 19.6 Å². The number of rotatable bonds is 7. The van der Waals surface area contributed by atoms with Crippen LogP contribution in [0.25, 0.3) is 0 Å². The van der Waals surface area contributed by atoms with Crippen molar-refractivity contribution >= 4 is 10.0 Å². The van der Waals surface area contributed by atoms with Crippen LogP contribution < -0.4 is 5.73 Å². The Hall–Kier alpha value is -1.05. The first-order valence-corrected chi connectivity index (χ1v) is 7.62. The third kappa shape index (κ3) is 4.52. The molecule has 1 rings (SSSR count). The molecule has 2 N–H and O–H groups in total. The minimum atomic E-state index is -3.72. The van der Waals surface area contributed by atoms with Gasteiger partial charge in [-0.1, -0.05) is 13.8 Å². The van der Waals surface area contributed by atoms with E-state index in [-0.39, 0.29) is 10.8 Å². The van der Waals surface area contributed by atoms with Gasteiger partial charge in [0.25, 0.3) is 0 Å². The van der Waals surface area contributed by atoms with Crippen molar-refractivity contribution in [3.63, 3.8) is 0 Å². The Morgan fingerprint density at radius 1 is 1.42 bits per heavy atom. The predicted molar refractivity (Wildman–Crippen MR) is 71.5 cm³/mol. The number of hydrogen-bond acceptors (Lipinski definition) is 4. The molecule has 1 aromatic rings. The lowest BCUT2D eigenvalue weighted by Gasteiger charge is -2.23. The highest BCUT2D eigenvalue weighted by atomic mass is 32.2. The maximum atomic E-state index is 13.1. The second-order valence-electron chi connectivity index (χ2n) is 4.74. The fourth-order valence-electron chi connectivity index (χ4n) is 1.67. The van der Waals surface area contributed by atoms with Crippen molar-refractivity contribution in [2.24, 2.45) is 11.7 Å². The Morgan fingerprint density at radius 2 is 2.11 bits per heavy atom. The summed E-state index contributed by atoms with van der Waals surface area (Å²) in [5.41, 5.74) is 5.42. The lowest BCUT2D eigenvalue weighted by atomic mass is 10.2. The van der Waals surface area contributed by atoms with E-state index >= 15 is 0 Å². The Kier molecular flexibility index (Phi) is 5.84. The van der Waals surface area contributed by atoms with Crippen molar-refractivity contribution in [3.8, 4) is 0 Å². The van der Waals surface area contributed by atoms with Gasteiger partial charge in [-0.25, -0.2) is 12.8 Å². The smallest absolute Gasteiger partial charge is 0.244 e. The summed E-state index contributed by atoms with van der Waals surface area (Å²) in [5, 5.41) is 0. The standard InChI is InChI=1S/C12H20FN3O2S/c1-10(2)9-16(5-3-4-14)19(17,18)12-6-11(13)7-15-8-12/h6-8,10H,3-5,9,14H2,1-2H3. The average Bonchev–Trinajstić information content (AvgIpc) is 2.34. The maximum absolute atomic E-state index is 13.1. The molecule has 0 aromatic carbocycles. The number of hydrogen-bond donors (Lipinski definition) is 1. The summed E-state index contributed by atoms with van der Waals surface area (Å²) in [5.74, 6) is -0.488. The monoisotopic (exact) mass is 289 g/mol. The van der Waals surface area contributed by atoms with Crippen LogP contribution in [-0.4, -0.2) is 37.3 Å². The molecule has 0 aliphatic carbocycles. The fraction of sp³-hybridized carbons (Fsp3) is 0.583. The first-order valence-electron chi connectivity index (χ1n) is 6.18. The van der Waals surface area contributed by atoms with E-state index in [1.54, 1.807) is 0 Å². The molecule has 5 nitrogen and oxygen atoms in total. The molecule has 108 valence electrons. The molecule has 0 atom stereocenters. The van der Waals surface area contributed by atoms with Crippen LogP contribution in [0.4, 0.5) is 4.39 Å². The van der Waals surface area contributed by atoms with E-state index in [4.69, 9.17) is 5.73 Å². The number of pyridine rings is 1. The van der Waals surface area contributed by atoms with Crippen LogP contribution >= 0.6 is 0 Å². The molecule has 0 bridgehead atoms.